The third-order valence-corrected chi connectivity index (χ3v) is 6.34. The normalized spacial score (nSPS) is 15.2. The van der Waals surface area contributed by atoms with E-state index in [0.717, 1.165) is 12.1 Å². The van der Waals surface area contributed by atoms with Crippen LogP contribution in [0.5, 0.6) is 0 Å². The molecule has 0 fully saturated rings. The van der Waals surface area contributed by atoms with Crippen molar-refractivity contribution < 1.29 is 5.11 Å². The lowest BCUT2D eigenvalue weighted by molar-refractivity contribution is 0.0831. The number of hydrogen-bond donors (Lipinski definition) is 1. The zero-order chi connectivity index (χ0) is 18.6. The summed E-state index contributed by atoms with van der Waals surface area (Å²) in [5, 5.41) is 14.6. The van der Waals surface area contributed by atoms with E-state index in [1.165, 1.54) is 22.2 Å². The van der Waals surface area contributed by atoms with E-state index in [1.807, 2.05) is 33.2 Å². The molecule has 2 nitrogen and oxygen atoms in total. The molecular formula is C20H25Cl2NOS. The maximum absolute atomic E-state index is 10.5. The molecule has 136 valence electrons. The molecule has 5 heteroatoms. The first-order valence-corrected chi connectivity index (χ1v) is 9.98. The number of benzene rings is 2. The van der Waals surface area contributed by atoms with Gasteiger partial charge in [0.15, 0.2) is 0 Å². The summed E-state index contributed by atoms with van der Waals surface area (Å²) in [5.74, 6) is 0.833. The van der Waals surface area contributed by atoms with Gasteiger partial charge in [0.05, 0.1) is 0 Å². The van der Waals surface area contributed by atoms with E-state index in [1.54, 1.807) is 6.07 Å². The second kappa shape index (κ2) is 8.79. The average molecular weight is 398 g/mol. The highest BCUT2D eigenvalue weighted by molar-refractivity contribution is 7.99. The predicted molar refractivity (Wildman–Crippen MR) is 110 cm³/mol. The second-order valence-corrected chi connectivity index (χ2v) is 9.07. The first kappa shape index (κ1) is 20.6. The van der Waals surface area contributed by atoms with Crippen LogP contribution in [0.15, 0.2) is 42.5 Å². The minimum Gasteiger partial charge on any atom is -0.379 e. The molecular weight excluding hydrogens is 373 g/mol. The fourth-order valence-electron chi connectivity index (χ4n) is 2.38. The van der Waals surface area contributed by atoms with Gasteiger partial charge in [-0.05, 0) is 49.2 Å². The van der Waals surface area contributed by atoms with E-state index in [9.17, 15) is 5.11 Å². The SMILES string of the molecule is CC(CN(C)C)C(C)(O)SCc1ccc(Cl)cc1Cl.c1cc2ccc1=2. The van der Waals surface area contributed by atoms with Gasteiger partial charge in [0.1, 0.15) is 4.93 Å². The smallest absolute Gasteiger partial charge is 0.111 e. The van der Waals surface area contributed by atoms with Crippen LogP contribution in [0.2, 0.25) is 10.0 Å². The van der Waals surface area contributed by atoms with Crippen LogP contribution in [0.1, 0.15) is 19.4 Å². The van der Waals surface area contributed by atoms with Gasteiger partial charge in [-0.25, -0.2) is 0 Å². The minimum atomic E-state index is -0.784. The molecule has 0 spiro atoms. The number of aliphatic hydroxyl groups is 1. The highest BCUT2D eigenvalue weighted by Gasteiger charge is 2.29. The topological polar surface area (TPSA) is 23.5 Å². The fraction of sp³-hybridized carbons (Fsp3) is 0.400. The average Bonchev–Trinajstić information content (AvgIpc) is 2.50. The number of nitrogens with zero attached hydrogens (tertiary/aromatic N) is 1. The number of halogens is 2. The summed E-state index contributed by atoms with van der Waals surface area (Å²) in [7, 11) is 4.01. The van der Waals surface area contributed by atoms with E-state index in [4.69, 9.17) is 23.2 Å². The summed E-state index contributed by atoms with van der Waals surface area (Å²) in [6.07, 6.45) is 0. The molecule has 2 unspecified atom stereocenters. The molecule has 0 aromatic heterocycles. The Morgan fingerprint density at radius 1 is 1.08 bits per heavy atom. The lowest BCUT2D eigenvalue weighted by atomic mass is 10.1. The van der Waals surface area contributed by atoms with Crippen molar-refractivity contribution in [3.63, 3.8) is 0 Å². The van der Waals surface area contributed by atoms with Crippen LogP contribution < -0.4 is 0 Å². The van der Waals surface area contributed by atoms with Gasteiger partial charge in [0.25, 0.3) is 0 Å². The lowest BCUT2D eigenvalue weighted by Crippen LogP contribution is -2.36. The summed E-state index contributed by atoms with van der Waals surface area (Å²) >= 11 is 13.5. The Labute approximate surface area is 164 Å². The first-order valence-electron chi connectivity index (χ1n) is 8.24. The molecule has 1 aromatic carbocycles. The molecule has 0 amide bonds. The third-order valence-electron chi connectivity index (χ3n) is 4.31. The molecule has 2 aliphatic carbocycles. The van der Waals surface area contributed by atoms with Gasteiger partial charge in [0, 0.05) is 28.3 Å². The molecule has 0 aliphatic heterocycles. The van der Waals surface area contributed by atoms with Crippen LogP contribution in [0.4, 0.5) is 0 Å². The zero-order valence-electron chi connectivity index (χ0n) is 15.1. The molecule has 1 aromatic rings. The summed E-state index contributed by atoms with van der Waals surface area (Å²) in [4.78, 5) is 1.29. The van der Waals surface area contributed by atoms with Crippen molar-refractivity contribution in [1.29, 1.82) is 0 Å². The van der Waals surface area contributed by atoms with Crippen molar-refractivity contribution >= 4 is 35.0 Å². The maximum Gasteiger partial charge on any atom is 0.111 e. The molecule has 0 bridgehead atoms. The fourth-order valence-corrected chi connectivity index (χ4v) is 4.00. The summed E-state index contributed by atoms with van der Waals surface area (Å²) in [6.45, 7) is 4.75. The Bertz CT molecular complexity index is 757. The Morgan fingerprint density at radius 3 is 2.04 bits per heavy atom. The van der Waals surface area contributed by atoms with Crippen LogP contribution in [0.25, 0.3) is 0 Å². The molecule has 25 heavy (non-hydrogen) atoms. The van der Waals surface area contributed by atoms with E-state index in [2.05, 4.69) is 36.1 Å². The van der Waals surface area contributed by atoms with E-state index >= 15 is 0 Å². The van der Waals surface area contributed by atoms with Gasteiger partial charge in [-0.2, -0.15) is 0 Å². The van der Waals surface area contributed by atoms with Crippen LogP contribution in [-0.4, -0.2) is 35.6 Å². The van der Waals surface area contributed by atoms with Crippen molar-refractivity contribution in [1.82, 2.24) is 4.90 Å². The van der Waals surface area contributed by atoms with Crippen molar-refractivity contribution in [3.8, 4) is 0 Å². The molecule has 1 N–H and O–H groups in total. The quantitative estimate of drug-likeness (QED) is 0.561. The molecule has 0 radical (unpaired) electrons. The van der Waals surface area contributed by atoms with Crippen molar-refractivity contribution in [2.24, 2.45) is 5.92 Å². The molecule has 3 rings (SSSR count). The van der Waals surface area contributed by atoms with Crippen LogP contribution in [0, 0.1) is 16.4 Å². The largest absolute Gasteiger partial charge is 0.379 e. The van der Waals surface area contributed by atoms with Gasteiger partial charge in [-0.3, -0.25) is 0 Å². The van der Waals surface area contributed by atoms with E-state index in [-0.39, 0.29) is 5.92 Å². The molecule has 0 heterocycles. The number of thioether (sulfide) groups is 1. The van der Waals surface area contributed by atoms with Crippen molar-refractivity contribution in [3.05, 3.63) is 68.5 Å². The third kappa shape index (κ3) is 5.90. The zero-order valence-corrected chi connectivity index (χ0v) is 17.4. The van der Waals surface area contributed by atoms with Gasteiger partial charge in [0.2, 0.25) is 0 Å². The highest BCUT2D eigenvalue weighted by atomic mass is 35.5. The molecule has 2 aliphatic rings. The molecule has 0 saturated carbocycles. The van der Waals surface area contributed by atoms with Crippen LogP contribution in [-0.2, 0) is 5.75 Å². The Morgan fingerprint density at radius 2 is 1.64 bits per heavy atom. The minimum absolute atomic E-state index is 0.165. The van der Waals surface area contributed by atoms with Gasteiger partial charge < -0.3 is 10.0 Å². The van der Waals surface area contributed by atoms with Crippen molar-refractivity contribution in [2.75, 3.05) is 20.6 Å². The maximum atomic E-state index is 10.5. The number of hydrogen-bond acceptors (Lipinski definition) is 3. The standard InChI is InChI=1S/C14H21Cl2NOS.C6H4/c1-10(8-17(3)4)14(2,18)19-9-11-5-6-12(15)7-13(11)16;1-2-6-4-3-5(1)6/h5-7,10,18H,8-9H2,1-4H3;1-4H. The summed E-state index contributed by atoms with van der Waals surface area (Å²) in [6, 6.07) is 13.9. The van der Waals surface area contributed by atoms with Crippen LogP contribution >= 0.6 is 35.0 Å². The monoisotopic (exact) mass is 397 g/mol. The highest BCUT2D eigenvalue weighted by Crippen LogP contribution is 2.35. The van der Waals surface area contributed by atoms with Gasteiger partial charge in [-0.1, -0.05) is 60.5 Å². The Kier molecular flexibility index (Phi) is 7.24. The number of rotatable bonds is 6. The summed E-state index contributed by atoms with van der Waals surface area (Å²) in [5.41, 5.74) is 0.994. The van der Waals surface area contributed by atoms with Crippen molar-refractivity contribution in [2.45, 2.75) is 24.5 Å². The second-order valence-electron chi connectivity index (χ2n) is 6.82. The van der Waals surface area contributed by atoms with Gasteiger partial charge >= 0.3 is 0 Å². The first-order chi connectivity index (χ1) is 11.7. The van der Waals surface area contributed by atoms with Crippen LogP contribution in [0.3, 0.4) is 0 Å². The summed E-state index contributed by atoms with van der Waals surface area (Å²) < 4.78 is 0. The lowest BCUT2D eigenvalue weighted by Gasteiger charge is -2.31. The predicted octanol–water partition coefficient (Wildman–Crippen LogP) is 5.42. The van der Waals surface area contributed by atoms with Gasteiger partial charge in [-0.15, -0.1) is 11.8 Å². The van der Waals surface area contributed by atoms with E-state index in [0.29, 0.717) is 15.8 Å². The van der Waals surface area contributed by atoms with E-state index < -0.39 is 4.93 Å². The Balaban J connectivity index is 0.000000306. The molecule has 2 atom stereocenters. The molecule has 0 saturated heterocycles. The Hall–Kier alpha value is -0.710.